The van der Waals surface area contributed by atoms with Crippen LogP contribution in [0.4, 0.5) is 0 Å². The van der Waals surface area contributed by atoms with E-state index in [2.05, 4.69) is 0 Å². The van der Waals surface area contributed by atoms with Gasteiger partial charge in [0.2, 0.25) is 10.0 Å². The molecule has 1 aliphatic rings. The Bertz CT molecular complexity index is 1240. The molecule has 1 aliphatic carbocycles. The van der Waals surface area contributed by atoms with Crippen LogP contribution in [-0.4, -0.2) is 52.7 Å². The van der Waals surface area contributed by atoms with E-state index in [1.165, 1.54) is 0 Å². The highest BCUT2D eigenvalue weighted by Crippen LogP contribution is 2.31. The first-order chi connectivity index (χ1) is 16.9. The van der Waals surface area contributed by atoms with Gasteiger partial charge in [-0.3, -0.25) is 4.79 Å². The highest BCUT2D eigenvalue weighted by atomic mass is 32.2. The summed E-state index contributed by atoms with van der Waals surface area (Å²) in [5, 5.41) is 0.748. The molecule has 9 heteroatoms. The summed E-state index contributed by atoms with van der Waals surface area (Å²) in [6.45, 7) is 4.46. The zero-order chi connectivity index (χ0) is 24.8. The van der Waals surface area contributed by atoms with Crippen LogP contribution in [0.15, 0.2) is 59.8 Å². The van der Waals surface area contributed by atoms with Crippen molar-refractivity contribution in [2.75, 3.05) is 12.3 Å². The van der Waals surface area contributed by atoms with E-state index in [0.29, 0.717) is 18.7 Å². The Kier molecular flexibility index (Phi) is 8.51. The van der Waals surface area contributed by atoms with E-state index in [1.807, 2.05) is 73.0 Å². The first kappa shape index (κ1) is 25.7. The minimum absolute atomic E-state index is 0.0333. The average Bonchev–Trinajstić information content (AvgIpc) is 3.61. The number of rotatable bonds is 13. The number of hydrogen-bond acceptors (Lipinski definition) is 6. The lowest BCUT2D eigenvalue weighted by Crippen LogP contribution is -2.35. The normalized spacial score (nSPS) is 14.9. The van der Waals surface area contributed by atoms with Crippen LogP contribution in [0.5, 0.6) is 0 Å². The number of aromatic nitrogens is 2. The van der Waals surface area contributed by atoms with Gasteiger partial charge in [-0.1, -0.05) is 61.2 Å². The molecule has 4 rings (SSSR count). The van der Waals surface area contributed by atoms with E-state index in [-0.39, 0.29) is 30.4 Å². The second-order valence-electron chi connectivity index (χ2n) is 8.96. The fourth-order valence-corrected chi connectivity index (χ4v) is 6.74. The summed E-state index contributed by atoms with van der Waals surface area (Å²) < 4.78 is 35.3. The number of para-hydroxylation sites is 2. The predicted molar refractivity (Wildman–Crippen MR) is 140 cm³/mol. The van der Waals surface area contributed by atoms with Crippen molar-refractivity contribution < 1.29 is 17.9 Å². The van der Waals surface area contributed by atoms with Crippen molar-refractivity contribution in [1.29, 1.82) is 0 Å². The number of nitrogens with zero attached hydrogens (tertiary/aromatic N) is 3. The van der Waals surface area contributed by atoms with Gasteiger partial charge in [0, 0.05) is 18.3 Å². The summed E-state index contributed by atoms with van der Waals surface area (Å²) in [6, 6.07) is 17.2. The Balaban J connectivity index is 1.39. The molecule has 0 spiro atoms. The zero-order valence-corrected chi connectivity index (χ0v) is 21.9. The molecule has 1 saturated carbocycles. The highest BCUT2D eigenvalue weighted by molar-refractivity contribution is 7.99. The molecule has 7 nitrogen and oxygen atoms in total. The molecule has 0 bridgehead atoms. The van der Waals surface area contributed by atoms with Gasteiger partial charge in [0.1, 0.15) is 6.54 Å². The van der Waals surface area contributed by atoms with Crippen molar-refractivity contribution in [3.8, 4) is 0 Å². The first-order valence-electron chi connectivity index (χ1n) is 12.2. The number of benzene rings is 2. The van der Waals surface area contributed by atoms with Crippen LogP contribution in [0.2, 0.25) is 0 Å². The smallest absolute Gasteiger partial charge is 0.326 e. The molecule has 188 valence electrons. The number of thioether (sulfide) groups is 1. The minimum Gasteiger partial charge on any atom is -0.461 e. The third-order valence-corrected chi connectivity index (χ3v) is 9.03. The number of fused-ring (bicyclic) bond motifs is 1. The quantitative estimate of drug-likeness (QED) is 0.184. The SMILES string of the molecule is CCC(C)OC(=O)Cn1c(SCCCN(C2CC2)S(=O)(=O)Cc2ccccc2)nc2ccccc21. The van der Waals surface area contributed by atoms with Crippen LogP contribution in [0.1, 0.15) is 45.1 Å². The molecule has 0 amide bonds. The van der Waals surface area contributed by atoms with Crippen LogP contribution in [-0.2, 0) is 31.9 Å². The van der Waals surface area contributed by atoms with Gasteiger partial charge in [-0.2, -0.15) is 4.31 Å². The van der Waals surface area contributed by atoms with E-state index < -0.39 is 10.0 Å². The molecule has 1 fully saturated rings. The molecule has 35 heavy (non-hydrogen) atoms. The Labute approximate surface area is 211 Å². The number of carbonyl (C=O) groups excluding carboxylic acids is 1. The monoisotopic (exact) mass is 515 g/mol. The van der Waals surface area contributed by atoms with Gasteiger partial charge in [-0.25, -0.2) is 13.4 Å². The summed E-state index contributed by atoms with van der Waals surface area (Å²) in [6.07, 6.45) is 3.20. The van der Waals surface area contributed by atoms with E-state index >= 15 is 0 Å². The average molecular weight is 516 g/mol. The fraction of sp³-hybridized carbons (Fsp3) is 0.462. The van der Waals surface area contributed by atoms with Crippen molar-refractivity contribution in [3.05, 3.63) is 60.2 Å². The van der Waals surface area contributed by atoms with Crippen LogP contribution < -0.4 is 0 Å². The summed E-state index contributed by atoms with van der Waals surface area (Å²) in [5.41, 5.74) is 2.53. The van der Waals surface area contributed by atoms with Crippen LogP contribution in [0.3, 0.4) is 0 Å². The Morgan fingerprint density at radius 2 is 1.89 bits per heavy atom. The number of carbonyl (C=O) groups is 1. The molecule has 0 N–H and O–H groups in total. The van der Waals surface area contributed by atoms with Gasteiger partial charge >= 0.3 is 5.97 Å². The fourth-order valence-electron chi connectivity index (χ4n) is 3.95. The summed E-state index contributed by atoms with van der Waals surface area (Å²) in [4.78, 5) is 17.2. The van der Waals surface area contributed by atoms with E-state index in [4.69, 9.17) is 9.72 Å². The maximum atomic E-state index is 13.1. The van der Waals surface area contributed by atoms with Gasteiger partial charge in [0.15, 0.2) is 5.16 Å². The Morgan fingerprint density at radius 1 is 1.17 bits per heavy atom. The van der Waals surface area contributed by atoms with Crippen molar-refractivity contribution in [1.82, 2.24) is 13.9 Å². The molecule has 3 aromatic rings. The number of esters is 1. The molecular weight excluding hydrogens is 482 g/mol. The predicted octanol–water partition coefficient (Wildman–Crippen LogP) is 4.85. The molecule has 0 saturated heterocycles. The number of sulfonamides is 1. The van der Waals surface area contributed by atoms with Crippen LogP contribution in [0.25, 0.3) is 11.0 Å². The van der Waals surface area contributed by atoms with Crippen molar-refractivity contribution in [2.24, 2.45) is 0 Å². The Morgan fingerprint density at radius 3 is 2.60 bits per heavy atom. The zero-order valence-electron chi connectivity index (χ0n) is 20.3. The van der Waals surface area contributed by atoms with Gasteiger partial charge in [0.05, 0.1) is 22.9 Å². The van der Waals surface area contributed by atoms with Gasteiger partial charge in [0.25, 0.3) is 0 Å². The lowest BCUT2D eigenvalue weighted by Gasteiger charge is -2.22. The lowest BCUT2D eigenvalue weighted by atomic mass is 10.2. The molecule has 1 heterocycles. The van der Waals surface area contributed by atoms with E-state index in [0.717, 1.165) is 41.0 Å². The molecule has 0 aliphatic heterocycles. The molecule has 0 radical (unpaired) electrons. The highest BCUT2D eigenvalue weighted by Gasteiger charge is 2.36. The molecule has 1 aromatic heterocycles. The summed E-state index contributed by atoms with van der Waals surface area (Å²) >= 11 is 1.55. The maximum absolute atomic E-state index is 13.1. The molecular formula is C26H33N3O4S2. The summed E-state index contributed by atoms with van der Waals surface area (Å²) in [5.74, 6) is 0.454. The van der Waals surface area contributed by atoms with Gasteiger partial charge in [-0.15, -0.1) is 0 Å². The van der Waals surface area contributed by atoms with Gasteiger partial charge < -0.3 is 9.30 Å². The van der Waals surface area contributed by atoms with Crippen LogP contribution >= 0.6 is 11.8 Å². The summed E-state index contributed by atoms with van der Waals surface area (Å²) in [7, 11) is -3.37. The lowest BCUT2D eigenvalue weighted by molar-refractivity contribution is -0.149. The topological polar surface area (TPSA) is 81.5 Å². The molecule has 2 aromatic carbocycles. The van der Waals surface area contributed by atoms with Crippen molar-refractivity contribution >= 4 is 38.8 Å². The molecule has 1 atom stereocenters. The molecule has 1 unspecified atom stereocenters. The third kappa shape index (κ3) is 6.86. The van der Waals surface area contributed by atoms with E-state index in [9.17, 15) is 13.2 Å². The van der Waals surface area contributed by atoms with E-state index in [1.54, 1.807) is 16.1 Å². The Hall–Kier alpha value is -2.36. The largest absolute Gasteiger partial charge is 0.461 e. The number of imidazole rings is 1. The second kappa shape index (κ2) is 11.6. The second-order valence-corrected chi connectivity index (χ2v) is 11.9. The van der Waals surface area contributed by atoms with Gasteiger partial charge in [-0.05, 0) is 50.3 Å². The van der Waals surface area contributed by atoms with Crippen molar-refractivity contribution in [3.63, 3.8) is 0 Å². The maximum Gasteiger partial charge on any atom is 0.326 e. The first-order valence-corrected chi connectivity index (χ1v) is 14.8. The minimum atomic E-state index is -3.37. The standard InChI is InChI=1S/C26H33N3O4S2/c1-3-20(2)33-25(30)18-28-24-13-8-7-12-23(24)27-26(28)34-17-9-16-29(22-14-15-22)35(31,32)19-21-10-5-4-6-11-21/h4-8,10-13,20,22H,3,9,14-19H2,1-2H3. The van der Waals surface area contributed by atoms with Crippen LogP contribution in [0, 0.1) is 0 Å². The third-order valence-electron chi connectivity index (χ3n) is 6.07. The number of ether oxygens (including phenoxy) is 1. The number of hydrogen-bond donors (Lipinski definition) is 0. The van der Waals surface area contributed by atoms with Crippen molar-refractivity contribution in [2.45, 2.75) is 69.1 Å².